The van der Waals surface area contributed by atoms with Crippen LogP contribution in [0.3, 0.4) is 0 Å². The van der Waals surface area contributed by atoms with E-state index in [0.717, 1.165) is 5.56 Å². The molecule has 0 aromatic heterocycles. The fourth-order valence-electron chi connectivity index (χ4n) is 1.70. The van der Waals surface area contributed by atoms with E-state index < -0.39 is 5.60 Å². The topological polar surface area (TPSA) is 40.5 Å². The first-order chi connectivity index (χ1) is 6.94. The molecule has 2 N–H and O–H groups in total. The lowest BCUT2D eigenvalue weighted by atomic mass is 9.97. The molecule has 0 atom stereocenters. The normalized spacial score (nSPS) is 18.2. The SMILES string of the molecule is CC(C)c1cc(Cl)c(O)c(C2(O)CC2)c1. The molecule has 82 valence electrons. The maximum Gasteiger partial charge on any atom is 0.140 e. The average Bonchev–Trinajstić information content (AvgIpc) is 2.89. The number of benzene rings is 1. The van der Waals surface area contributed by atoms with Gasteiger partial charge in [0.1, 0.15) is 5.75 Å². The zero-order chi connectivity index (χ0) is 11.2. The summed E-state index contributed by atoms with van der Waals surface area (Å²) >= 11 is 5.94. The van der Waals surface area contributed by atoms with Gasteiger partial charge in [-0.25, -0.2) is 0 Å². The molecular weight excluding hydrogens is 212 g/mol. The number of hydrogen-bond acceptors (Lipinski definition) is 2. The first kappa shape index (κ1) is 10.8. The van der Waals surface area contributed by atoms with Crippen molar-refractivity contribution < 1.29 is 10.2 Å². The third kappa shape index (κ3) is 1.84. The van der Waals surface area contributed by atoms with Crippen molar-refractivity contribution in [3.63, 3.8) is 0 Å². The minimum Gasteiger partial charge on any atom is -0.506 e. The average molecular weight is 227 g/mol. The summed E-state index contributed by atoms with van der Waals surface area (Å²) < 4.78 is 0. The number of halogens is 1. The van der Waals surface area contributed by atoms with Gasteiger partial charge in [0.05, 0.1) is 10.6 Å². The molecule has 1 fully saturated rings. The van der Waals surface area contributed by atoms with Gasteiger partial charge in [-0.15, -0.1) is 0 Å². The molecule has 2 nitrogen and oxygen atoms in total. The molecule has 3 heteroatoms. The second-order valence-corrected chi connectivity index (χ2v) is 4.99. The highest BCUT2D eigenvalue weighted by molar-refractivity contribution is 6.32. The number of rotatable bonds is 2. The van der Waals surface area contributed by atoms with Gasteiger partial charge in [-0.2, -0.15) is 0 Å². The summed E-state index contributed by atoms with van der Waals surface area (Å²) in [5.41, 5.74) is 0.797. The summed E-state index contributed by atoms with van der Waals surface area (Å²) in [5.74, 6) is 0.366. The minimum atomic E-state index is -0.835. The standard InChI is InChI=1S/C12H15ClO2/c1-7(2)8-5-9(12(15)3-4-12)11(14)10(13)6-8/h5-7,14-15H,3-4H2,1-2H3. The van der Waals surface area contributed by atoms with Crippen LogP contribution in [0.1, 0.15) is 43.7 Å². The molecule has 1 aromatic carbocycles. The molecule has 0 spiro atoms. The molecule has 2 rings (SSSR count). The Morgan fingerprint density at radius 1 is 1.33 bits per heavy atom. The first-order valence-corrected chi connectivity index (χ1v) is 5.57. The third-order valence-electron chi connectivity index (χ3n) is 2.98. The summed E-state index contributed by atoms with van der Waals surface area (Å²) in [6.45, 7) is 4.12. The van der Waals surface area contributed by atoms with Crippen LogP contribution in [0.25, 0.3) is 0 Å². The number of phenols is 1. The van der Waals surface area contributed by atoms with Gasteiger partial charge in [0, 0.05) is 5.56 Å². The minimum absolute atomic E-state index is 0.0288. The summed E-state index contributed by atoms with van der Waals surface area (Å²) in [5, 5.41) is 20.1. The van der Waals surface area contributed by atoms with Crippen molar-refractivity contribution in [3.8, 4) is 5.75 Å². The second-order valence-electron chi connectivity index (χ2n) is 4.59. The van der Waals surface area contributed by atoms with Gasteiger partial charge in [-0.3, -0.25) is 0 Å². The van der Waals surface area contributed by atoms with Crippen LogP contribution in [0.2, 0.25) is 5.02 Å². The third-order valence-corrected chi connectivity index (χ3v) is 3.27. The van der Waals surface area contributed by atoms with E-state index in [1.54, 1.807) is 6.07 Å². The fraction of sp³-hybridized carbons (Fsp3) is 0.500. The Bertz CT molecular complexity index is 395. The van der Waals surface area contributed by atoms with Crippen LogP contribution in [-0.2, 0) is 5.60 Å². The number of aromatic hydroxyl groups is 1. The molecule has 0 saturated heterocycles. The largest absolute Gasteiger partial charge is 0.506 e. The van der Waals surface area contributed by atoms with Crippen molar-refractivity contribution in [2.45, 2.75) is 38.2 Å². The molecule has 0 unspecified atom stereocenters. The predicted molar refractivity (Wildman–Crippen MR) is 60.3 cm³/mol. The molecule has 0 bridgehead atoms. The van der Waals surface area contributed by atoms with Crippen molar-refractivity contribution >= 4 is 11.6 Å². The molecule has 1 aliphatic rings. The Morgan fingerprint density at radius 2 is 1.93 bits per heavy atom. The molecule has 1 aromatic rings. The quantitative estimate of drug-likeness (QED) is 0.814. The summed E-state index contributed by atoms with van der Waals surface area (Å²) in [7, 11) is 0. The van der Waals surface area contributed by atoms with E-state index in [2.05, 4.69) is 13.8 Å². The Labute approximate surface area is 94.5 Å². The first-order valence-electron chi connectivity index (χ1n) is 5.19. The van der Waals surface area contributed by atoms with Crippen molar-refractivity contribution in [1.29, 1.82) is 0 Å². The Balaban J connectivity index is 2.53. The van der Waals surface area contributed by atoms with E-state index in [0.29, 0.717) is 29.3 Å². The maximum absolute atomic E-state index is 9.99. The Morgan fingerprint density at radius 3 is 2.40 bits per heavy atom. The van der Waals surface area contributed by atoms with Crippen LogP contribution < -0.4 is 0 Å². The van der Waals surface area contributed by atoms with Crippen LogP contribution in [0.4, 0.5) is 0 Å². The molecule has 0 amide bonds. The van der Waals surface area contributed by atoms with Gasteiger partial charge in [0.25, 0.3) is 0 Å². The number of hydrogen-bond donors (Lipinski definition) is 2. The van der Waals surface area contributed by atoms with Crippen LogP contribution >= 0.6 is 11.6 Å². The fourth-order valence-corrected chi connectivity index (χ4v) is 1.92. The number of aliphatic hydroxyl groups is 1. The summed E-state index contributed by atoms with van der Waals surface area (Å²) in [4.78, 5) is 0. The Hall–Kier alpha value is -0.730. The summed E-state index contributed by atoms with van der Waals surface area (Å²) in [6, 6.07) is 3.62. The molecule has 0 radical (unpaired) electrons. The van der Waals surface area contributed by atoms with Crippen LogP contribution in [0.5, 0.6) is 5.75 Å². The highest BCUT2D eigenvalue weighted by Gasteiger charge is 2.44. The lowest BCUT2D eigenvalue weighted by Crippen LogP contribution is -2.06. The van der Waals surface area contributed by atoms with Crippen molar-refractivity contribution in [2.24, 2.45) is 0 Å². The van der Waals surface area contributed by atoms with E-state index >= 15 is 0 Å². The van der Waals surface area contributed by atoms with Gasteiger partial charge < -0.3 is 10.2 Å². The maximum atomic E-state index is 9.99. The smallest absolute Gasteiger partial charge is 0.140 e. The van der Waals surface area contributed by atoms with Crippen molar-refractivity contribution in [1.82, 2.24) is 0 Å². The summed E-state index contributed by atoms with van der Waals surface area (Å²) in [6.07, 6.45) is 1.41. The zero-order valence-corrected chi connectivity index (χ0v) is 9.67. The van der Waals surface area contributed by atoms with Gasteiger partial charge in [0.15, 0.2) is 0 Å². The molecule has 1 saturated carbocycles. The highest BCUT2D eigenvalue weighted by Crippen LogP contribution is 2.50. The van der Waals surface area contributed by atoms with E-state index in [9.17, 15) is 10.2 Å². The van der Waals surface area contributed by atoms with E-state index in [1.807, 2.05) is 6.07 Å². The highest BCUT2D eigenvalue weighted by atomic mass is 35.5. The molecular formula is C12H15ClO2. The second kappa shape index (κ2) is 3.39. The van der Waals surface area contributed by atoms with Crippen LogP contribution in [0.15, 0.2) is 12.1 Å². The van der Waals surface area contributed by atoms with Crippen LogP contribution in [0, 0.1) is 0 Å². The van der Waals surface area contributed by atoms with Crippen molar-refractivity contribution in [3.05, 3.63) is 28.3 Å². The predicted octanol–water partition coefficient (Wildman–Crippen LogP) is 3.15. The monoisotopic (exact) mass is 226 g/mol. The van der Waals surface area contributed by atoms with Gasteiger partial charge in [0.2, 0.25) is 0 Å². The molecule has 1 aliphatic carbocycles. The molecule has 0 aliphatic heterocycles. The molecule has 0 heterocycles. The van der Waals surface area contributed by atoms with Gasteiger partial charge >= 0.3 is 0 Å². The van der Waals surface area contributed by atoms with Gasteiger partial charge in [-0.1, -0.05) is 25.4 Å². The van der Waals surface area contributed by atoms with Crippen LogP contribution in [-0.4, -0.2) is 10.2 Å². The van der Waals surface area contributed by atoms with E-state index in [4.69, 9.17) is 11.6 Å². The number of phenolic OH excluding ortho intramolecular Hbond substituents is 1. The van der Waals surface area contributed by atoms with Gasteiger partial charge in [-0.05, 0) is 36.5 Å². The lowest BCUT2D eigenvalue weighted by molar-refractivity contribution is 0.147. The lowest BCUT2D eigenvalue weighted by Gasteiger charge is -2.15. The van der Waals surface area contributed by atoms with Crippen molar-refractivity contribution in [2.75, 3.05) is 0 Å². The Kier molecular flexibility index (Phi) is 2.44. The van der Waals surface area contributed by atoms with E-state index in [-0.39, 0.29) is 5.75 Å². The molecule has 15 heavy (non-hydrogen) atoms. The van der Waals surface area contributed by atoms with E-state index in [1.165, 1.54) is 0 Å². The zero-order valence-electron chi connectivity index (χ0n) is 8.92.